The van der Waals surface area contributed by atoms with E-state index in [2.05, 4.69) is 106 Å². The molecule has 3 heterocycles. The van der Waals surface area contributed by atoms with Crippen molar-refractivity contribution in [1.82, 2.24) is 20.4 Å². The maximum Gasteiger partial charge on any atom is 0.136 e. The standard InChI is InChI=1S/C39H24N4O/c1-2-12-24(13-3-1)37-36(39(42-43-41-37)31-20-11-23-34-35(31)30-17-7-9-22-33(30)44-34)27-16-5-4-14-25(27)28-18-10-19-29-26-15-6-8-21-32(26)40-38(28)29/h1-23,40H. The van der Waals surface area contributed by atoms with Gasteiger partial charge in [0.05, 0.1) is 5.52 Å². The first-order valence-corrected chi connectivity index (χ1v) is 14.6. The number of aromatic nitrogens is 4. The van der Waals surface area contributed by atoms with Crippen molar-refractivity contribution < 1.29 is 4.42 Å². The number of furan rings is 1. The summed E-state index contributed by atoms with van der Waals surface area (Å²) in [5.41, 5.74) is 11.5. The molecule has 9 aromatic rings. The van der Waals surface area contributed by atoms with Crippen molar-refractivity contribution in [2.24, 2.45) is 0 Å². The van der Waals surface area contributed by atoms with Crippen LogP contribution in [0.5, 0.6) is 0 Å². The average Bonchev–Trinajstić information content (AvgIpc) is 3.67. The molecule has 0 aliphatic rings. The second-order valence-corrected chi connectivity index (χ2v) is 10.9. The van der Waals surface area contributed by atoms with Crippen LogP contribution in [0.4, 0.5) is 0 Å². The largest absolute Gasteiger partial charge is 0.456 e. The van der Waals surface area contributed by atoms with Crippen LogP contribution in [0.1, 0.15) is 0 Å². The topological polar surface area (TPSA) is 67.6 Å². The number of nitrogens with one attached hydrogen (secondary N) is 1. The zero-order valence-electron chi connectivity index (χ0n) is 23.5. The molecule has 0 bridgehead atoms. The summed E-state index contributed by atoms with van der Waals surface area (Å²) in [5, 5.41) is 18.2. The summed E-state index contributed by atoms with van der Waals surface area (Å²) >= 11 is 0. The third-order valence-corrected chi connectivity index (χ3v) is 8.50. The normalized spacial score (nSPS) is 11.6. The Hall–Kier alpha value is -6.07. The van der Waals surface area contributed by atoms with Gasteiger partial charge in [-0.05, 0) is 34.5 Å². The highest BCUT2D eigenvalue weighted by Crippen LogP contribution is 2.46. The predicted octanol–water partition coefficient (Wildman–Crippen LogP) is 10.1. The van der Waals surface area contributed by atoms with Gasteiger partial charge in [0.1, 0.15) is 22.6 Å². The summed E-state index contributed by atoms with van der Waals surface area (Å²) in [6.45, 7) is 0. The summed E-state index contributed by atoms with van der Waals surface area (Å²) < 4.78 is 6.28. The molecule has 0 saturated carbocycles. The number of nitrogens with zero attached hydrogens (tertiary/aromatic N) is 3. The minimum absolute atomic E-state index is 0.757. The van der Waals surface area contributed by atoms with Crippen molar-refractivity contribution in [1.29, 1.82) is 0 Å². The highest BCUT2D eigenvalue weighted by atomic mass is 16.3. The molecule has 0 radical (unpaired) electrons. The lowest BCUT2D eigenvalue weighted by atomic mass is 9.88. The molecule has 0 aliphatic carbocycles. The molecule has 5 heteroatoms. The van der Waals surface area contributed by atoms with Gasteiger partial charge in [-0.15, -0.1) is 10.2 Å². The first-order valence-electron chi connectivity index (χ1n) is 14.6. The molecule has 44 heavy (non-hydrogen) atoms. The van der Waals surface area contributed by atoms with Crippen LogP contribution >= 0.6 is 0 Å². The Morgan fingerprint density at radius 1 is 0.455 bits per heavy atom. The highest BCUT2D eigenvalue weighted by molar-refractivity contribution is 6.16. The van der Waals surface area contributed by atoms with E-state index in [4.69, 9.17) is 9.52 Å². The molecule has 0 spiro atoms. The van der Waals surface area contributed by atoms with Gasteiger partial charge in [-0.2, -0.15) is 0 Å². The summed E-state index contributed by atoms with van der Waals surface area (Å²) in [7, 11) is 0. The fourth-order valence-electron chi connectivity index (χ4n) is 6.57. The summed E-state index contributed by atoms with van der Waals surface area (Å²) in [6, 6.07) is 48.0. The molecule has 3 aromatic heterocycles. The van der Waals surface area contributed by atoms with Gasteiger partial charge in [0.15, 0.2) is 0 Å². The van der Waals surface area contributed by atoms with E-state index in [1.807, 2.05) is 48.5 Å². The van der Waals surface area contributed by atoms with E-state index in [1.165, 1.54) is 10.8 Å². The van der Waals surface area contributed by atoms with Crippen molar-refractivity contribution in [3.63, 3.8) is 0 Å². The molecule has 0 unspecified atom stereocenters. The van der Waals surface area contributed by atoms with Crippen LogP contribution in [0.2, 0.25) is 0 Å². The molecule has 0 amide bonds. The van der Waals surface area contributed by atoms with Gasteiger partial charge in [-0.25, -0.2) is 0 Å². The molecule has 5 nitrogen and oxygen atoms in total. The molecule has 0 atom stereocenters. The zero-order chi connectivity index (χ0) is 29.0. The van der Waals surface area contributed by atoms with Crippen molar-refractivity contribution in [2.45, 2.75) is 0 Å². The summed E-state index contributed by atoms with van der Waals surface area (Å²) in [5.74, 6) is 0. The zero-order valence-corrected chi connectivity index (χ0v) is 23.5. The smallest absolute Gasteiger partial charge is 0.136 e. The van der Waals surface area contributed by atoms with Crippen molar-refractivity contribution in [2.75, 3.05) is 0 Å². The molecule has 0 fully saturated rings. The number of H-pyrrole nitrogens is 1. The van der Waals surface area contributed by atoms with Gasteiger partial charge >= 0.3 is 0 Å². The van der Waals surface area contributed by atoms with Crippen LogP contribution in [0, 0.1) is 0 Å². The second-order valence-electron chi connectivity index (χ2n) is 10.9. The molecule has 9 rings (SSSR count). The Balaban J connectivity index is 1.39. The van der Waals surface area contributed by atoms with Crippen molar-refractivity contribution >= 4 is 43.7 Å². The predicted molar refractivity (Wildman–Crippen MR) is 178 cm³/mol. The first kappa shape index (κ1) is 24.5. The molecule has 6 aromatic carbocycles. The Bertz CT molecular complexity index is 2510. The number of benzene rings is 6. The van der Waals surface area contributed by atoms with Crippen LogP contribution < -0.4 is 0 Å². The maximum absolute atomic E-state index is 6.28. The third-order valence-electron chi connectivity index (χ3n) is 8.50. The quantitative estimate of drug-likeness (QED) is 0.231. The molecule has 206 valence electrons. The Morgan fingerprint density at radius 3 is 2.00 bits per heavy atom. The number of aromatic amines is 1. The van der Waals surface area contributed by atoms with Crippen molar-refractivity contribution in [3.8, 4) is 44.8 Å². The number of para-hydroxylation sites is 3. The molecule has 1 N–H and O–H groups in total. The van der Waals surface area contributed by atoms with Crippen LogP contribution in [0.15, 0.2) is 144 Å². The van der Waals surface area contributed by atoms with Gasteiger partial charge in [0, 0.05) is 49.3 Å². The summed E-state index contributed by atoms with van der Waals surface area (Å²) in [4.78, 5) is 3.70. The minimum Gasteiger partial charge on any atom is -0.456 e. The fourth-order valence-corrected chi connectivity index (χ4v) is 6.57. The lowest BCUT2D eigenvalue weighted by Crippen LogP contribution is -2.01. The number of rotatable bonds is 4. The molecular formula is C39H24N4O. The molecular weight excluding hydrogens is 540 g/mol. The Morgan fingerprint density at radius 2 is 1.09 bits per heavy atom. The highest BCUT2D eigenvalue weighted by Gasteiger charge is 2.24. The minimum atomic E-state index is 0.757. The number of hydrogen-bond donors (Lipinski definition) is 1. The number of fused-ring (bicyclic) bond motifs is 6. The lowest BCUT2D eigenvalue weighted by Gasteiger charge is -2.17. The van der Waals surface area contributed by atoms with Gasteiger partial charge in [-0.3, -0.25) is 0 Å². The van der Waals surface area contributed by atoms with Crippen LogP contribution in [0.25, 0.3) is 88.5 Å². The van der Waals surface area contributed by atoms with Crippen LogP contribution in [-0.2, 0) is 0 Å². The van der Waals surface area contributed by atoms with E-state index in [9.17, 15) is 0 Å². The Kier molecular flexibility index (Phi) is 5.43. The van der Waals surface area contributed by atoms with Gasteiger partial charge in [0.25, 0.3) is 0 Å². The van der Waals surface area contributed by atoms with E-state index in [0.29, 0.717) is 0 Å². The third kappa shape index (κ3) is 3.69. The van der Waals surface area contributed by atoms with E-state index < -0.39 is 0 Å². The maximum atomic E-state index is 6.28. The second kappa shape index (κ2) is 9.75. The van der Waals surface area contributed by atoms with Gasteiger partial charge in [0.2, 0.25) is 0 Å². The van der Waals surface area contributed by atoms with E-state index in [0.717, 1.165) is 77.7 Å². The van der Waals surface area contributed by atoms with Gasteiger partial charge in [-0.1, -0.05) is 121 Å². The van der Waals surface area contributed by atoms with E-state index in [1.54, 1.807) is 0 Å². The first-order chi connectivity index (χ1) is 21.8. The number of hydrogen-bond acceptors (Lipinski definition) is 4. The SMILES string of the molecule is c1ccc(-c2nnnc(-c3cccc4oc5ccccc5c34)c2-c2ccccc2-c2cccc3c2[nH]c2ccccc23)cc1. The van der Waals surface area contributed by atoms with Gasteiger partial charge < -0.3 is 9.40 Å². The molecule has 0 aliphatic heterocycles. The van der Waals surface area contributed by atoms with Crippen LogP contribution in [0.3, 0.4) is 0 Å². The van der Waals surface area contributed by atoms with Crippen molar-refractivity contribution in [3.05, 3.63) is 140 Å². The summed E-state index contributed by atoms with van der Waals surface area (Å²) in [6.07, 6.45) is 0. The lowest BCUT2D eigenvalue weighted by molar-refractivity contribution is 0.669. The average molecular weight is 565 g/mol. The molecule has 0 saturated heterocycles. The van der Waals surface area contributed by atoms with E-state index >= 15 is 0 Å². The van der Waals surface area contributed by atoms with Crippen LogP contribution in [-0.4, -0.2) is 20.4 Å². The Labute approximate surface area is 252 Å². The monoisotopic (exact) mass is 564 g/mol. The fraction of sp³-hybridized carbons (Fsp3) is 0. The van der Waals surface area contributed by atoms with E-state index in [-0.39, 0.29) is 0 Å².